The Labute approximate surface area is 158 Å². The van der Waals surface area contributed by atoms with Crippen molar-refractivity contribution in [2.45, 2.75) is 57.9 Å². The molecule has 8 nitrogen and oxygen atoms in total. The standard InChI is InChI=1S/C19H27N5O3/c1-3-4-10-20-19-21-11-14-16(25)15(18(26)23-27-2)12-24(17(14)22-19)13-8-6-5-7-9-13/h11-13H,3-10H2,1-2H3,(H,23,26)(H,20,21,22). The van der Waals surface area contributed by atoms with Crippen molar-refractivity contribution in [2.75, 3.05) is 19.0 Å². The molecular formula is C19H27N5O3. The fourth-order valence-corrected chi connectivity index (χ4v) is 3.54. The predicted octanol–water partition coefficient (Wildman–Crippen LogP) is 2.80. The highest BCUT2D eigenvalue weighted by Gasteiger charge is 2.22. The summed E-state index contributed by atoms with van der Waals surface area (Å²) in [5, 5.41) is 3.56. The van der Waals surface area contributed by atoms with Gasteiger partial charge in [-0.3, -0.25) is 14.4 Å². The molecule has 146 valence electrons. The van der Waals surface area contributed by atoms with Crippen molar-refractivity contribution in [3.05, 3.63) is 28.2 Å². The first-order chi connectivity index (χ1) is 13.2. The first kappa shape index (κ1) is 19.3. The van der Waals surface area contributed by atoms with Crippen molar-refractivity contribution in [3.63, 3.8) is 0 Å². The summed E-state index contributed by atoms with van der Waals surface area (Å²) < 4.78 is 1.98. The molecule has 1 saturated carbocycles. The van der Waals surface area contributed by atoms with Gasteiger partial charge in [-0.25, -0.2) is 10.5 Å². The Morgan fingerprint density at radius 2 is 2.11 bits per heavy atom. The summed E-state index contributed by atoms with van der Waals surface area (Å²) in [5.41, 5.74) is 2.48. The fourth-order valence-electron chi connectivity index (χ4n) is 3.54. The number of pyridine rings is 1. The van der Waals surface area contributed by atoms with E-state index in [9.17, 15) is 9.59 Å². The molecule has 2 aromatic heterocycles. The smallest absolute Gasteiger partial charge is 0.280 e. The molecule has 1 amide bonds. The van der Waals surface area contributed by atoms with Crippen LogP contribution in [0.25, 0.3) is 11.0 Å². The molecule has 2 heterocycles. The quantitative estimate of drug-likeness (QED) is 0.572. The molecular weight excluding hydrogens is 346 g/mol. The van der Waals surface area contributed by atoms with Gasteiger partial charge in [0.2, 0.25) is 11.4 Å². The van der Waals surface area contributed by atoms with Crippen molar-refractivity contribution in [1.29, 1.82) is 0 Å². The molecule has 0 atom stereocenters. The highest BCUT2D eigenvalue weighted by molar-refractivity contribution is 5.96. The minimum atomic E-state index is -0.556. The van der Waals surface area contributed by atoms with Gasteiger partial charge in [-0.1, -0.05) is 32.6 Å². The molecule has 0 unspecified atom stereocenters. The number of anilines is 1. The summed E-state index contributed by atoms with van der Waals surface area (Å²) in [6, 6.07) is 0.217. The molecule has 0 aromatic carbocycles. The van der Waals surface area contributed by atoms with Crippen molar-refractivity contribution in [1.82, 2.24) is 20.0 Å². The third kappa shape index (κ3) is 4.27. The Morgan fingerprint density at radius 1 is 1.33 bits per heavy atom. The maximum atomic E-state index is 12.8. The SMILES string of the molecule is CCCCNc1ncc2c(=O)c(C(=O)NOC)cn(C3CCCCC3)c2n1. The van der Waals surface area contributed by atoms with E-state index in [1.807, 2.05) is 4.57 Å². The van der Waals surface area contributed by atoms with Crippen molar-refractivity contribution >= 4 is 22.9 Å². The largest absolute Gasteiger partial charge is 0.354 e. The van der Waals surface area contributed by atoms with Gasteiger partial charge >= 0.3 is 0 Å². The molecule has 1 aliphatic carbocycles. The van der Waals surface area contributed by atoms with Crippen molar-refractivity contribution in [2.24, 2.45) is 0 Å². The molecule has 0 bridgehead atoms. The molecule has 3 rings (SSSR count). The number of amides is 1. The lowest BCUT2D eigenvalue weighted by Crippen LogP contribution is -2.30. The number of nitrogens with zero attached hydrogens (tertiary/aromatic N) is 3. The summed E-state index contributed by atoms with van der Waals surface area (Å²) in [4.78, 5) is 38.7. The fraction of sp³-hybridized carbons (Fsp3) is 0.579. The summed E-state index contributed by atoms with van der Waals surface area (Å²) in [6.07, 6.45) is 10.7. The molecule has 0 saturated heterocycles. The van der Waals surface area contributed by atoms with Crippen LogP contribution in [0.2, 0.25) is 0 Å². The molecule has 2 aromatic rings. The Kier molecular flexibility index (Phi) is 6.39. The van der Waals surface area contributed by atoms with Crippen LogP contribution in [0.4, 0.5) is 5.95 Å². The van der Waals surface area contributed by atoms with E-state index in [1.54, 1.807) is 6.20 Å². The zero-order chi connectivity index (χ0) is 19.2. The Bertz CT molecular complexity index is 858. The van der Waals surface area contributed by atoms with Gasteiger partial charge in [-0.15, -0.1) is 0 Å². The number of fused-ring (bicyclic) bond motifs is 1. The van der Waals surface area contributed by atoms with Gasteiger partial charge in [0.25, 0.3) is 5.91 Å². The zero-order valence-corrected chi connectivity index (χ0v) is 16.0. The third-order valence-corrected chi connectivity index (χ3v) is 4.99. The van der Waals surface area contributed by atoms with E-state index in [1.165, 1.54) is 19.7 Å². The Hall–Kier alpha value is -2.48. The highest BCUT2D eigenvalue weighted by Crippen LogP contribution is 2.30. The minimum absolute atomic E-state index is 0.0465. The van der Waals surface area contributed by atoms with E-state index in [4.69, 9.17) is 4.84 Å². The van der Waals surface area contributed by atoms with Gasteiger partial charge in [-0.05, 0) is 19.3 Å². The summed E-state index contributed by atoms with van der Waals surface area (Å²) in [5.74, 6) is -0.0480. The van der Waals surface area contributed by atoms with E-state index in [2.05, 4.69) is 27.7 Å². The summed E-state index contributed by atoms with van der Waals surface area (Å²) >= 11 is 0. The highest BCUT2D eigenvalue weighted by atomic mass is 16.6. The van der Waals surface area contributed by atoms with Gasteiger partial charge < -0.3 is 9.88 Å². The van der Waals surface area contributed by atoms with Gasteiger partial charge in [-0.2, -0.15) is 4.98 Å². The third-order valence-electron chi connectivity index (χ3n) is 4.99. The molecule has 1 fully saturated rings. The van der Waals surface area contributed by atoms with Crippen LogP contribution < -0.4 is 16.2 Å². The van der Waals surface area contributed by atoms with Crippen LogP contribution in [-0.2, 0) is 4.84 Å². The molecule has 1 aliphatic rings. The maximum Gasteiger partial charge on any atom is 0.280 e. The first-order valence-electron chi connectivity index (χ1n) is 9.64. The number of hydrogen-bond acceptors (Lipinski definition) is 6. The molecule has 8 heteroatoms. The zero-order valence-electron chi connectivity index (χ0n) is 16.0. The van der Waals surface area contributed by atoms with Gasteiger partial charge in [0.15, 0.2) is 0 Å². The lowest BCUT2D eigenvalue weighted by atomic mass is 9.95. The second kappa shape index (κ2) is 8.94. The van der Waals surface area contributed by atoms with E-state index in [0.717, 1.165) is 45.1 Å². The Balaban J connectivity index is 2.10. The normalized spacial score (nSPS) is 15.0. The number of carbonyl (C=O) groups excluding carboxylic acids is 1. The summed E-state index contributed by atoms with van der Waals surface area (Å²) in [7, 11) is 1.34. The molecule has 0 aliphatic heterocycles. The number of hydrogen-bond donors (Lipinski definition) is 2. The number of nitrogens with one attached hydrogen (secondary N) is 2. The first-order valence-corrected chi connectivity index (χ1v) is 9.64. The number of aromatic nitrogens is 3. The van der Waals surface area contributed by atoms with E-state index in [-0.39, 0.29) is 17.0 Å². The summed E-state index contributed by atoms with van der Waals surface area (Å²) in [6.45, 7) is 2.90. The average Bonchev–Trinajstić information content (AvgIpc) is 2.69. The van der Waals surface area contributed by atoms with Crippen LogP contribution in [0.15, 0.2) is 17.2 Å². The second-order valence-electron chi connectivity index (χ2n) is 6.92. The average molecular weight is 373 g/mol. The topological polar surface area (TPSA) is 98.1 Å². The van der Waals surface area contributed by atoms with E-state index < -0.39 is 5.91 Å². The van der Waals surface area contributed by atoms with Crippen molar-refractivity contribution < 1.29 is 9.63 Å². The van der Waals surface area contributed by atoms with E-state index >= 15 is 0 Å². The van der Waals surface area contributed by atoms with Crippen LogP contribution in [0, 0.1) is 0 Å². The lowest BCUT2D eigenvalue weighted by molar-refractivity contribution is 0.0535. The van der Waals surface area contributed by atoms with Gasteiger partial charge in [0.1, 0.15) is 11.2 Å². The van der Waals surface area contributed by atoms with Crippen LogP contribution in [0.5, 0.6) is 0 Å². The number of rotatable bonds is 7. The van der Waals surface area contributed by atoms with Gasteiger partial charge in [0, 0.05) is 25.0 Å². The van der Waals surface area contributed by atoms with Gasteiger partial charge in [0.05, 0.1) is 12.5 Å². The second-order valence-corrected chi connectivity index (χ2v) is 6.92. The number of carbonyl (C=O) groups is 1. The maximum absolute atomic E-state index is 12.8. The van der Waals surface area contributed by atoms with Crippen LogP contribution in [0.3, 0.4) is 0 Å². The molecule has 2 N–H and O–H groups in total. The number of hydroxylamine groups is 1. The van der Waals surface area contributed by atoms with E-state index in [0.29, 0.717) is 17.0 Å². The minimum Gasteiger partial charge on any atom is -0.354 e. The molecule has 27 heavy (non-hydrogen) atoms. The van der Waals surface area contributed by atoms with Crippen LogP contribution in [-0.4, -0.2) is 34.1 Å². The van der Waals surface area contributed by atoms with Crippen LogP contribution >= 0.6 is 0 Å². The lowest BCUT2D eigenvalue weighted by Gasteiger charge is -2.26. The van der Waals surface area contributed by atoms with Crippen LogP contribution in [0.1, 0.15) is 68.3 Å². The number of unbranched alkanes of at least 4 members (excludes halogenated alkanes) is 1. The Morgan fingerprint density at radius 3 is 2.81 bits per heavy atom. The monoisotopic (exact) mass is 373 g/mol. The molecule has 0 radical (unpaired) electrons. The molecule has 0 spiro atoms. The predicted molar refractivity (Wildman–Crippen MR) is 104 cm³/mol. The van der Waals surface area contributed by atoms with Crippen molar-refractivity contribution in [3.8, 4) is 0 Å².